The molecule has 6 rings (SSSR count). The van der Waals surface area contributed by atoms with Gasteiger partial charge in [-0.05, 0) is 54.5 Å². The molecule has 0 aliphatic heterocycles. The summed E-state index contributed by atoms with van der Waals surface area (Å²) >= 11 is 0. The Balaban J connectivity index is 0.000000402. The van der Waals surface area contributed by atoms with E-state index in [9.17, 15) is 5.11 Å². The fourth-order valence-corrected chi connectivity index (χ4v) is 5.72. The van der Waals surface area contributed by atoms with Gasteiger partial charge in [0.2, 0.25) is 0 Å². The van der Waals surface area contributed by atoms with Gasteiger partial charge in [-0.1, -0.05) is 118 Å². The van der Waals surface area contributed by atoms with E-state index in [1.54, 1.807) is 0 Å². The molecule has 0 aliphatic carbocycles. The van der Waals surface area contributed by atoms with Crippen LogP contribution in [0, 0.1) is 20.8 Å². The van der Waals surface area contributed by atoms with E-state index in [1.165, 1.54) is 11.1 Å². The molecule has 0 spiro atoms. The molecule has 52 heavy (non-hydrogen) atoms. The maximum atomic E-state index is 11.3. The number of aromatic hydroxyl groups is 1. The fourth-order valence-electron chi connectivity index (χ4n) is 5.72. The Kier molecular flexibility index (Phi) is 17.4. The van der Waals surface area contributed by atoms with Crippen LogP contribution in [0.25, 0.3) is 27.6 Å². The van der Waals surface area contributed by atoms with Crippen molar-refractivity contribution in [3.8, 4) is 33.8 Å². The van der Waals surface area contributed by atoms with E-state index >= 15 is 0 Å². The fraction of sp³-hybridized carbons (Fsp3) is 0.208. The zero-order valence-electron chi connectivity index (χ0n) is 31.3. The van der Waals surface area contributed by atoms with E-state index in [0.29, 0.717) is 25.0 Å². The van der Waals surface area contributed by atoms with Crippen LogP contribution in [-0.4, -0.2) is 18.3 Å². The third kappa shape index (κ3) is 12.5. The topological polar surface area (TPSA) is 43.6 Å². The van der Waals surface area contributed by atoms with Crippen LogP contribution < -0.4 is 4.74 Å². The molecule has 0 fully saturated rings. The van der Waals surface area contributed by atoms with E-state index in [4.69, 9.17) is 10.1 Å². The van der Waals surface area contributed by atoms with E-state index < -0.39 is 0 Å². The first kappa shape index (κ1) is 41.7. The van der Waals surface area contributed by atoms with E-state index in [2.05, 4.69) is 66.7 Å². The summed E-state index contributed by atoms with van der Waals surface area (Å²) in [5, 5.41) is 16.3. The van der Waals surface area contributed by atoms with Crippen LogP contribution in [0.15, 0.2) is 146 Å². The summed E-state index contributed by atoms with van der Waals surface area (Å²) in [6.07, 6.45) is 0.813. The van der Waals surface area contributed by atoms with Crippen LogP contribution in [-0.2, 0) is 25.8 Å². The normalized spacial score (nSPS) is 10.3. The number of rotatable bonds is 10. The summed E-state index contributed by atoms with van der Waals surface area (Å²) in [5.74, 6) is 1.91. The van der Waals surface area contributed by atoms with Crippen molar-refractivity contribution in [2.45, 2.75) is 52.9 Å². The summed E-state index contributed by atoms with van der Waals surface area (Å²) in [7, 11) is 0. The Bertz CT molecular complexity index is 1840. The molecule has 0 saturated heterocycles. The monoisotopic (exact) mass is 854 g/mol. The van der Waals surface area contributed by atoms with Gasteiger partial charge < -0.3 is 15.2 Å². The predicted octanol–water partition coefficient (Wildman–Crippen LogP) is 13.5. The Hall–Kier alpha value is -4.67. The van der Waals surface area contributed by atoms with Crippen molar-refractivity contribution in [1.82, 2.24) is 0 Å². The van der Waals surface area contributed by atoms with Gasteiger partial charge in [0.25, 0.3) is 0 Å². The number of nitrogens with zero attached hydrogens (tertiary/aromatic N) is 1. The molecule has 6 aromatic rings. The molecular formula is C48H52HfNO2-3. The number of phenolic OH excluding ortho intramolecular Hbond substituents is 1. The molecule has 0 unspecified atom stereocenters. The number of aryl methyl sites for hydroxylation is 1. The van der Waals surface area contributed by atoms with Gasteiger partial charge in [-0.15, -0.1) is 36.5 Å². The van der Waals surface area contributed by atoms with Gasteiger partial charge in [0.15, 0.2) is 0 Å². The molecule has 0 aromatic heterocycles. The second kappa shape index (κ2) is 21.6. The average Bonchev–Trinajstić information content (AvgIpc) is 3.14. The largest absolute Gasteiger partial charge is 0.684 e. The molecule has 0 atom stereocenters. The molecule has 4 heteroatoms. The zero-order valence-corrected chi connectivity index (χ0v) is 34.9. The molecule has 6 aromatic carbocycles. The molecular weight excluding hydrogens is 801 g/mol. The van der Waals surface area contributed by atoms with Crippen LogP contribution in [0.5, 0.6) is 11.5 Å². The minimum absolute atomic E-state index is 0. The van der Waals surface area contributed by atoms with Crippen molar-refractivity contribution in [2.24, 2.45) is 0 Å². The first-order valence-corrected chi connectivity index (χ1v) is 17.8. The smallest absolute Gasteiger partial charge is 0.131 e. The Morgan fingerprint density at radius 3 is 1.58 bits per heavy atom. The molecule has 0 bridgehead atoms. The van der Waals surface area contributed by atoms with E-state index in [-0.39, 0.29) is 31.6 Å². The average molecular weight is 853 g/mol. The summed E-state index contributed by atoms with van der Waals surface area (Å²) in [6.45, 7) is 19.7. The van der Waals surface area contributed by atoms with E-state index in [1.807, 2.05) is 127 Å². The van der Waals surface area contributed by atoms with Crippen molar-refractivity contribution in [3.05, 3.63) is 193 Å². The quantitative estimate of drug-likeness (QED) is 0.0847. The van der Waals surface area contributed by atoms with Gasteiger partial charge in [0.05, 0.1) is 6.61 Å². The Labute approximate surface area is 331 Å². The minimum atomic E-state index is 0. The molecule has 1 N–H and O–H groups in total. The maximum Gasteiger partial charge on any atom is 0.131 e. The summed E-state index contributed by atoms with van der Waals surface area (Å²) < 4.78 is 6.25. The maximum absolute atomic E-state index is 11.3. The van der Waals surface area contributed by atoms with Gasteiger partial charge in [-0.3, -0.25) is 0 Å². The van der Waals surface area contributed by atoms with Gasteiger partial charge >= 0.3 is 0 Å². The summed E-state index contributed by atoms with van der Waals surface area (Å²) in [5.41, 5.74) is 10.5. The number of ether oxygens (including phenoxy) is 1. The van der Waals surface area contributed by atoms with Crippen molar-refractivity contribution in [1.29, 1.82) is 0 Å². The van der Waals surface area contributed by atoms with Crippen molar-refractivity contribution in [3.63, 3.8) is 0 Å². The molecule has 0 aliphatic rings. The Morgan fingerprint density at radius 2 is 1.08 bits per heavy atom. The van der Waals surface area contributed by atoms with Crippen LogP contribution in [0.3, 0.4) is 0 Å². The van der Waals surface area contributed by atoms with Gasteiger partial charge in [0, 0.05) is 42.5 Å². The molecule has 3 nitrogen and oxygen atoms in total. The molecule has 0 radical (unpaired) electrons. The number of para-hydroxylation sites is 2. The summed E-state index contributed by atoms with van der Waals surface area (Å²) in [4.78, 5) is 0. The molecule has 0 amide bonds. The molecule has 268 valence electrons. The Morgan fingerprint density at radius 1 is 0.596 bits per heavy atom. The van der Waals surface area contributed by atoms with Gasteiger partial charge in [-0.2, -0.15) is 49.2 Å². The molecule has 0 saturated carbocycles. The second-order valence-corrected chi connectivity index (χ2v) is 13.2. The predicted molar refractivity (Wildman–Crippen MR) is 218 cm³/mol. The minimum Gasteiger partial charge on any atom is -0.684 e. The van der Waals surface area contributed by atoms with Crippen LogP contribution in [0.4, 0.5) is 5.69 Å². The third-order valence-corrected chi connectivity index (χ3v) is 8.37. The van der Waals surface area contributed by atoms with Crippen LogP contribution in [0.1, 0.15) is 73.8 Å². The number of phenols is 1. The van der Waals surface area contributed by atoms with Crippen molar-refractivity contribution >= 4 is 5.69 Å². The SMILES string of the molecule is Cc1cc(-c2ccccc2)c(O)c(-c2ccccc2OCCC[N-]c2c(C(C)C)cccc2C(C)C)c1.[CH2-]c1ccccc1.[CH2-]c1ccccc1.[Hf]. The van der Waals surface area contributed by atoms with Crippen LogP contribution in [0.2, 0.25) is 0 Å². The third-order valence-electron chi connectivity index (χ3n) is 8.37. The zero-order chi connectivity index (χ0) is 36.6. The first-order valence-electron chi connectivity index (χ1n) is 17.8. The standard InChI is InChI=1S/C34H38NO2.2C7H7.Hf/c1-23(2)27-16-11-17-28(24(3)4)33(27)35-19-12-20-37-32-18-10-9-15-29(32)31-22-25(5)21-30(34(31)36)26-13-7-6-8-14-26;2*1-7-5-3-2-4-6-7;/h6-11,13-18,21-24,36H,12,19-20H2,1-5H3;2*2-6H,1H2;/q3*-1;. The summed E-state index contributed by atoms with van der Waals surface area (Å²) in [6, 6.07) is 48.3. The second-order valence-electron chi connectivity index (χ2n) is 13.2. The number of hydrogen-bond donors (Lipinski definition) is 1. The van der Waals surface area contributed by atoms with E-state index in [0.717, 1.165) is 56.8 Å². The van der Waals surface area contributed by atoms with Gasteiger partial charge in [0.1, 0.15) is 11.5 Å². The number of hydrogen-bond acceptors (Lipinski definition) is 2. The van der Waals surface area contributed by atoms with Crippen molar-refractivity contribution in [2.75, 3.05) is 13.2 Å². The van der Waals surface area contributed by atoms with Crippen LogP contribution >= 0.6 is 0 Å². The molecule has 0 heterocycles. The van der Waals surface area contributed by atoms with Crippen molar-refractivity contribution < 1.29 is 35.7 Å². The first-order chi connectivity index (χ1) is 24.7. The number of benzene rings is 6. The van der Waals surface area contributed by atoms with Gasteiger partial charge in [-0.25, -0.2) is 0 Å².